The largest absolute Gasteiger partial charge is 0.382 e. The molecule has 0 aliphatic carbocycles. The highest BCUT2D eigenvalue weighted by Gasteiger charge is 2.03. The molecule has 3 heteroatoms. The van der Waals surface area contributed by atoms with Crippen molar-refractivity contribution in [3.63, 3.8) is 0 Å². The molecule has 1 aromatic carbocycles. The Balaban J connectivity index is 2.16. The van der Waals surface area contributed by atoms with Gasteiger partial charge < -0.3 is 14.8 Å². The van der Waals surface area contributed by atoms with E-state index in [0.29, 0.717) is 19.3 Å². The van der Waals surface area contributed by atoms with Gasteiger partial charge in [-0.3, -0.25) is 0 Å². The standard InChI is InChI=1S/C14H23NO2/c1-12-4-6-14(7-5-12)13(2)15-8-9-17-11-10-16-3/h4-7,13,15H,8-11H2,1-3H3/t13-/m0/s1. The minimum absolute atomic E-state index is 0.363. The summed E-state index contributed by atoms with van der Waals surface area (Å²) in [6, 6.07) is 8.98. The first-order valence-corrected chi connectivity index (χ1v) is 6.10. The van der Waals surface area contributed by atoms with Crippen LogP contribution in [-0.4, -0.2) is 33.5 Å². The van der Waals surface area contributed by atoms with Gasteiger partial charge in [0.05, 0.1) is 19.8 Å². The van der Waals surface area contributed by atoms with E-state index >= 15 is 0 Å². The molecular formula is C14H23NO2. The van der Waals surface area contributed by atoms with Crippen molar-refractivity contribution in [2.45, 2.75) is 19.9 Å². The van der Waals surface area contributed by atoms with Crippen LogP contribution in [0.5, 0.6) is 0 Å². The maximum absolute atomic E-state index is 5.39. The lowest BCUT2D eigenvalue weighted by Crippen LogP contribution is -2.23. The third-order valence-electron chi connectivity index (χ3n) is 2.71. The number of methoxy groups -OCH3 is 1. The Bertz CT molecular complexity index is 298. The summed E-state index contributed by atoms with van der Waals surface area (Å²) in [5.41, 5.74) is 2.61. The maximum Gasteiger partial charge on any atom is 0.0700 e. The lowest BCUT2D eigenvalue weighted by molar-refractivity contribution is 0.0712. The monoisotopic (exact) mass is 237 g/mol. The molecule has 0 fully saturated rings. The number of aryl methyl sites for hydroxylation is 1. The van der Waals surface area contributed by atoms with E-state index < -0.39 is 0 Å². The van der Waals surface area contributed by atoms with Crippen molar-refractivity contribution in [3.8, 4) is 0 Å². The molecule has 0 radical (unpaired) electrons. The van der Waals surface area contributed by atoms with Crippen molar-refractivity contribution in [1.29, 1.82) is 0 Å². The smallest absolute Gasteiger partial charge is 0.0700 e. The van der Waals surface area contributed by atoms with Gasteiger partial charge in [-0.2, -0.15) is 0 Å². The summed E-state index contributed by atoms with van der Waals surface area (Å²) >= 11 is 0. The molecule has 0 aromatic heterocycles. The number of hydrogen-bond acceptors (Lipinski definition) is 3. The molecule has 1 aromatic rings. The summed E-state index contributed by atoms with van der Waals surface area (Å²) in [4.78, 5) is 0. The van der Waals surface area contributed by atoms with Crippen molar-refractivity contribution in [1.82, 2.24) is 5.32 Å². The van der Waals surface area contributed by atoms with E-state index in [1.807, 2.05) is 0 Å². The molecule has 0 spiro atoms. The molecule has 3 nitrogen and oxygen atoms in total. The number of benzene rings is 1. The fraction of sp³-hybridized carbons (Fsp3) is 0.571. The summed E-state index contributed by atoms with van der Waals surface area (Å²) in [5.74, 6) is 0. The summed E-state index contributed by atoms with van der Waals surface area (Å²) < 4.78 is 10.3. The topological polar surface area (TPSA) is 30.5 Å². The van der Waals surface area contributed by atoms with Crippen molar-refractivity contribution in [3.05, 3.63) is 35.4 Å². The summed E-state index contributed by atoms with van der Waals surface area (Å²) in [7, 11) is 1.68. The molecule has 0 unspecified atom stereocenters. The fourth-order valence-electron chi connectivity index (χ4n) is 1.56. The van der Waals surface area contributed by atoms with Gasteiger partial charge in [-0.05, 0) is 19.4 Å². The van der Waals surface area contributed by atoms with Gasteiger partial charge in [-0.1, -0.05) is 29.8 Å². The van der Waals surface area contributed by atoms with Crippen LogP contribution < -0.4 is 5.32 Å². The van der Waals surface area contributed by atoms with Crippen LogP contribution in [0.15, 0.2) is 24.3 Å². The second kappa shape index (κ2) is 8.23. The summed E-state index contributed by atoms with van der Waals surface area (Å²) in [6.45, 7) is 7.17. The Morgan fingerprint density at radius 1 is 1.12 bits per heavy atom. The number of hydrogen-bond donors (Lipinski definition) is 1. The zero-order valence-corrected chi connectivity index (χ0v) is 11.0. The van der Waals surface area contributed by atoms with E-state index in [-0.39, 0.29) is 0 Å². The van der Waals surface area contributed by atoms with Crippen molar-refractivity contribution < 1.29 is 9.47 Å². The molecule has 17 heavy (non-hydrogen) atoms. The van der Waals surface area contributed by atoms with E-state index in [0.717, 1.165) is 13.2 Å². The van der Waals surface area contributed by atoms with Gasteiger partial charge in [0.15, 0.2) is 0 Å². The lowest BCUT2D eigenvalue weighted by atomic mass is 10.1. The third-order valence-corrected chi connectivity index (χ3v) is 2.71. The first kappa shape index (κ1) is 14.2. The van der Waals surface area contributed by atoms with E-state index in [1.54, 1.807) is 7.11 Å². The Kier molecular flexibility index (Phi) is 6.86. The highest BCUT2D eigenvalue weighted by molar-refractivity contribution is 5.23. The van der Waals surface area contributed by atoms with Crippen LogP contribution in [0.25, 0.3) is 0 Å². The molecule has 0 heterocycles. The molecule has 0 aliphatic heterocycles. The van der Waals surface area contributed by atoms with E-state index in [9.17, 15) is 0 Å². The van der Waals surface area contributed by atoms with Gasteiger partial charge in [0.2, 0.25) is 0 Å². The van der Waals surface area contributed by atoms with Gasteiger partial charge in [0.25, 0.3) is 0 Å². The van der Waals surface area contributed by atoms with Crippen LogP contribution in [0, 0.1) is 6.92 Å². The van der Waals surface area contributed by atoms with E-state index in [2.05, 4.69) is 43.4 Å². The Morgan fingerprint density at radius 3 is 2.47 bits per heavy atom. The molecule has 1 N–H and O–H groups in total. The highest BCUT2D eigenvalue weighted by Crippen LogP contribution is 2.12. The second-order valence-electron chi connectivity index (χ2n) is 4.19. The molecule has 0 bridgehead atoms. The lowest BCUT2D eigenvalue weighted by Gasteiger charge is -2.14. The summed E-state index contributed by atoms with van der Waals surface area (Å²) in [6.07, 6.45) is 0. The Hall–Kier alpha value is -0.900. The number of nitrogens with one attached hydrogen (secondary N) is 1. The normalized spacial score (nSPS) is 12.6. The molecule has 96 valence electrons. The van der Waals surface area contributed by atoms with Gasteiger partial charge in [-0.25, -0.2) is 0 Å². The van der Waals surface area contributed by atoms with Gasteiger partial charge >= 0.3 is 0 Å². The molecular weight excluding hydrogens is 214 g/mol. The van der Waals surface area contributed by atoms with Crippen LogP contribution in [0.3, 0.4) is 0 Å². The quantitative estimate of drug-likeness (QED) is 0.704. The van der Waals surface area contributed by atoms with Crippen LogP contribution in [-0.2, 0) is 9.47 Å². The molecule has 1 rings (SSSR count). The third kappa shape index (κ3) is 5.82. The van der Waals surface area contributed by atoms with E-state index in [4.69, 9.17) is 9.47 Å². The van der Waals surface area contributed by atoms with Crippen molar-refractivity contribution in [2.75, 3.05) is 33.5 Å². The van der Waals surface area contributed by atoms with Gasteiger partial charge in [0.1, 0.15) is 0 Å². The van der Waals surface area contributed by atoms with Crippen LogP contribution in [0.1, 0.15) is 24.1 Å². The Morgan fingerprint density at radius 2 is 1.82 bits per heavy atom. The van der Waals surface area contributed by atoms with Crippen LogP contribution >= 0.6 is 0 Å². The zero-order chi connectivity index (χ0) is 12.5. The van der Waals surface area contributed by atoms with Crippen molar-refractivity contribution in [2.24, 2.45) is 0 Å². The first-order chi connectivity index (χ1) is 8.24. The van der Waals surface area contributed by atoms with Crippen molar-refractivity contribution >= 4 is 0 Å². The predicted molar refractivity (Wildman–Crippen MR) is 70.3 cm³/mol. The van der Waals surface area contributed by atoms with Gasteiger partial charge in [0, 0.05) is 19.7 Å². The van der Waals surface area contributed by atoms with Crippen LogP contribution in [0.4, 0.5) is 0 Å². The number of rotatable bonds is 8. The predicted octanol–water partition coefficient (Wildman–Crippen LogP) is 2.31. The minimum atomic E-state index is 0.363. The first-order valence-electron chi connectivity index (χ1n) is 6.10. The van der Waals surface area contributed by atoms with Crippen LogP contribution in [0.2, 0.25) is 0 Å². The zero-order valence-electron chi connectivity index (χ0n) is 11.0. The maximum atomic E-state index is 5.39. The molecule has 0 aliphatic rings. The SMILES string of the molecule is COCCOCCN[C@@H](C)c1ccc(C)cc1. The minimum Gasteiger partial charge on any atom is -0.382 e. The average Bonchev–Trinajstić information content (AvgIpc) is 2.34. The summed E-state index contributed by atoms with van der Waals surface area (Å²) in [5, 5.41) is 3.43. The molecule has 0 saturated carbocycles. The highest BCUT2D eigenvalue weighted by atomic mass is 16.5. The fourth-order valence-corrected chi connectivity index (χ4v) is 1.56. The van der Waals surface area contributed by atoms with Gasteiger partial charge in [-0.15, -0.1) is 0 Å². The molecule has 1 atom stereocenters. The second-order valence-corrected chi connectivity index (χ2v) is 4.19. The molecule has 0 amide bonds. The van der Waals surface area contributed by atoms with E-state index in [1.165, 1.54) is 11.1 Å². The number of ether oxygens (including phenoxy) is 2. The average molecular weight is 237 g/mol. The molecule has 0 saturated heterocycles. The Labute approximate surface area is 104 Å².